The first-order chi connectivity index (χ1) is 4.70. The van der Waals surface area contributed by atoms with Gasteiger partial charge >= 0.3 is 0 Å². The second-order valence-electron chi connectivity index (χ2n) is 2.27. The van der Waals surface area contributed by atoms with Crippen LogP contribution in [0.4, 0.5) is 0 Å². The Bertz CT molecular complexity index is 117. The summed E-state index contributed by atoms with van der Waals surface area (Å²) in [5.74, 6) is -1.08. The Balaban J connectivity index is 2.41. The lowest BCUT2D eigenvalue weighted by molar-refractivity contribution is -0.468. The standard InChI is InChI=1S/C5H10O5/c1-5(9-6)3-4(7-2)8-10-5/h4,6H,3H2,1-2H3/t4-,5+/m0/s1. The van der Waals surface area contributed by atoms with E-state index in [4.69, 9.17) is 9.99 Å². The Morgan fingerprint density at radius 1 is 1.70 bits per heavy atom. The largest absolute Gasteiger partial charge is 0.353 e. The molecule has 10 heavy (non-hydrogen) atoms. The fourth-order valence-electron chi connectivity index (χ4n) is 0.701. The summed E-state index contributed by atoms with van der Waals surface area (Å²) in [5.41, 5.74) is 0. The van der Waals surface area contributed by atoms with E-state index in [2.05, 4.69) is 14.7 Å². The average Bonchev–Trinajstić information content (AvgIpc) is 2.33. The van der Waals surface area contributed by atoms with Crippen LogP contribution in [0.25, 0.3) is 0 Å². The number of hydrogen-bond acceptors (Lipinski definition) is 5. The highest BCUT2D eigenvalue weighted by atomic mass is 17.3. The highest BCUT2D eigenvalue weighted by Gasteiger charge is 2.40. The normalized spacial score (nSPS) is 40.5. The minimum absolute atomic E-state index is 0.347. The van der Waals surface area contributed by atoms with Crippen LogP contribution in [0, 0.1) is 0 Å². The van der Waals surface area contributed by atoms with E-state index >= 15 is 0 Å². The highest BCUT2D eigenvalue weighted by molar-refractivity contribution is 4.65. The summed E-state index contributed by atoms with van der Waals surface area (Å²) in [6, 6.07) is 0. The van der Waals surface area contributed by atoms with E-state index in [0.29, 0.717) is 6.42 Å². The number of rotatable bonds is 2. The van der Waals surface area contributed by atoms with Crippen LogP contribution in [0.2, 0.25) is 0 Å². The predicted octanol–water partition coefficient (Wildman–Crippen LogP) is 0.517. The summed E-state index contributed by atoms with van der Waals surface area (Å²) in [6.07, 6.45) is -0.114. The van der Waals surface area contributed by atoms with Crippen LogP contribution >= 0.6 is 0 Å². The van der Waals surface area contributed by atoms with Crippen LogP contribution in [0.3, 0.4) is 0 Å². The lowest BCUT2D eigenvalue weighted by Crippen LogP contribution is -2.26. The monoisotopic (exact) mass is 150 g/mol. The summed E-state index contributed by atoms with van der Waals surface area (Å²) >= 11 is 0. The third-order valence-electron chi connectivity index (χ3n) is 1.33. The van der Waals surface area contributed by atoms with Crippen LogP contribution in [0.15, 0.2) is 0 Å². The lowest BCUT2D eigenvalue weighted by atomic mass is 10.2. The van der Waals surface area contributed by atoms with E-state index in [-0.39, 0.29) is 0 Å². The first-order valence-corrected chi connectivity index (χ1v) is 2.90. The highest BCUT2D eigenvalue weighted by Crippen LogP contribution is 2.28. The van der Waals surface area contributed by atoms with E-state index in [1.807, 2.05) is 0 Å². The van der Waals surface area contributed by atoms with E-state index < -0.39 is 12.1 Å². The third kappa shape index (κ3) is 1.44. The molecule has 0 aliphatic carbocycles. The van der Waals surface area contributed by atoms with Gasteiger partial charge in [0.15, 0.2) is 6.29 Å². The topological polar surface area (TPSA) is 57.2 Å². The molecule has 0 aromatic rings. The zero-order valence-electron chi connectivity index (χ0n) is 5.86. The molecule has 1 saturated heterocycles. The summed E-state index contributed by atoms with van der Waals surface area (Å²) in [6.45, 7) is 1.55. The summed E-state index contributed by atoms with van der Waals surface area (Å²) in [7, 11) is 1.48. The molecule has 5 nitrogen and oxygen atoms in total. The summed E-state index contributed by atoms with van der Waals surface area (Å²) in [5, 5.41) is 8.28. The van der Waals surface area contributed by atoms with Crippen LogP contribution < -0.4 is 0 Å². The van der Waals surface area contributed by atoms with Crippen LogP contribution in [0.5, 0.6) is 0 Å². The molecule has 0 spiro atoms. The first-order valence-electron chi connectivity index (χ1n) is 2.90. The molecule has 60 valence electrons. The first kappa shape index (κ1) is 7.90. The molecule has 0 aromatic heterocycles. The SMILES string of the molecule is CO[C@@H]1C[C@](C)(OO)OO1. The van der Waals surface area contributed by atoms with Gasteiger partial charge in [-0.2, -0.15) is 4.89 Å². The molecule has 1 fully saturated rings. The molecule has 0 aromatic carbocycles. The lowest BCUT2D eigenvalue weighted by Gasteiger charge is -2.13. The summed E-state index contributed by atoms with van der Waals surface area (Å²) in [4.78, 5) is 13.2. The quantitative estimate of drug-likeness (QED) is 0.459. The van der Waals surface area contributed by atoms with Gasteiger partial charge in [0.05, 0.1) is 6.42 Å². The molecule has 2 atom stereocenters. The van der Waals surface area contributed by atoms with E-state index in [1.54, 1.807) is 6.92 Å². The van der Waals surface area contributed by atoms with Crippen molar-refractivity contribution in [2.45, 2.75) is 25.4 Å². The maximum absolute atomic E-state index is 8.28. The number of ether oxygens (including phenoxy) is 1. The van der Waals surface area contributed by atoms with Crippen molar-refractivity contribution in [2.24, 2.45) is 0 Å². The van der Waals surface area contributed by atoms with Gasteiger partial charge in [0.1, 0.15) is 0 Å². The van der Waals surface area contributed by atoms with Crippen LogP contribution in [0.1, 0.15) is 13.3 Å². The Morgan fingerprint density at radius 3 is 2.70 bits per heavy atom. The van der Waals surface area contributed by atoms with Gasteiger partial charge in [-0.3, -0.25) is 0 Å². The smallest absolute Gasteiger partial charge is 0.236 e. The number of methoxy groups -OCH3 is 1. The minimum Gasteiger partial charge on any atom is -0.353 e. The van der Waals surface area contributed by atoms with Gasteiger partial charge in [-0.1, -0.05) is 0 Å². The van der Waals surface area contributed by atoms with Crippen molar-refractivity contribution in [3.05, 3.63) is 0 Å². The van der Waals surface area contributed by atoms with Crippen molar-refractivity contribution in [1.82, 2.24) is 0 Å². The Labute approximate surface area is 58.3 Å². The molecule has 1 N–H and O–H groups in total. The van der Waals surface area contributed by atoms with E-state index in [1.165, 1.54) is 7.11 Å². The maximum atomic E-state index is 8.28. The maximum Gasteiger partial charge on any atom is 0.236 e. The Morgan fingerprint density at radius 2 is 2.40 bits per heavy atom. The predicted molar refractivity (Wildman–Crippen MR) is 29.7 cm³/mol. The summed E-state index contributed by atoms with van der Waals surface area (Å²) < 4.78 is 4.77. The molecule has 0 bridgehead atoms. The van der Waals surface area contributed by atoms with Crippen molar-refractivity contribution in [2.75, 3.05) is 7.11 Å². The number of hydrogen-bond donors (Lipinski definition) is 1. The molecular weight excluding hydrogens is 140 g/mol. The zero-order chi connectivity index (χ0) is 7.61. The molecule has 0 radical (unpaired) electrons. The molecule has 1 heterocycles. The van der Waals surface area contributed by atoms with E-state index in [9.17, 15) is 0 Å². The second-order valence-corrected chi connectivity index (χ2v) is 2.27. The fourth-order valence-corrected chi connectivity index (χ4v) is 0.701. The van der Waals surface area contributed by atoms with Gasteiger partial charge < -0.3 is 4.74 Å². The van der Waals surface area contributed by atoms with E-state index in [0.717, 1.165) is 0 Å². The van der Waals surface area contributed by atoms with Crippen LogP contribution in [-0.2, 0) is 19.4 Å². The minimum atomic E-state index is -1.08. The average molecular weight is 150 g/mol. The molecule has 1 aliphatic rings. The van der Waals surface area contributed by atoms with Crippen molar-refractivity contribution < 1.29 is 24.7 Å². The van der Waals surface area contributed by atoms with Crippen LogP contribution in [-0.4, -0.2) is 24.4 Å². The molecule has 0 unspecified atom stereocenters. The van der Waals surface area contributed by atoms with Gasteiger partial charge in [0.25, 0.3) is 0 Å². The van der Waals surface area contributed by atoms with Gasteiger partial charge in [0.2, 0.25) is 5.79 Å². The van der Waals surface area contributed by atoms with Crippen molar-refractivity contribution in [1.29, 1.82) is 0 Å². The second kappa shape index (κ2) is 2.81. The van der Waals surface area contributed by atoms with Gasteiger partial charge in [0, 0.05) is 7.11 Å². The molecular formula is C5H10O5. The Hall–Kier alpha value is -0.200. The van der Waals surface area contributed by atoms with Crippen molar-refractivity contribution >= 4 is 0 Å². The Kier molecular flexibility index (Phi) is 2.22. The molecule has 5 heteroatoms. The molecule has 0 amide bonds. The molecule has 1 aliphatic heterocycles. The van der Waals surface area contributed by atoms with Crippen molar-refractivity contribution in [3.8, 4) is 0 Å². The van der Waals surface area contributed by atoms with Gasteiger partial charge in [-0.25, -0.2) is 15.0 Å². The van der Waals surface area contributed by atoms with Crippen molar-refractivity contribution in [3.63, 3.8) is 0 Å². The molecule has 0 saturated carbocycles. The molecule has 1 rings (SSSR count). The fraction of sp³-hybridized carbons (Fsp3) is 1.00. The van der Waals surface area contributed by atoms with Gasteiger partial charge in [-0.15, -0.1) is 0 Å². The third-order valence-corrected chi connectivity index (χ3v) is 1.33. The zero-order valence-corrected chi connectivity index (χ0v) is 5.86. The van der Waals surface area contributed by atoms with Gasteiger partial charge in [-0.05, 0) is 6.92 Å².